The summed E-state index contributed by atoms with van der Waals surface area (Å²) < 4.78 is 18.8. The van der Waals surface area contributed by atoms with Crippen LogP contribution in [0.15, 0.2) is 48.8 Å². The molecule has 0 radical (unpaired) electrons. The van der Waals surface area contributed by atoms with Gasteiger partial charge in [0.25, 0.3) is 0 Å². The predicted molar refractivity (Wildman–Crippen MR) is 83.7 cm³/mol. The van der Waals surface area contributed by atoms with Gasteiger partial charge < -0.3 is 4.74 Å². The Labute approximate surface area is 130 Å². The Morgan fingerprint density at radius 3 is 2.36 bits per heavy atom. The summed E-state index contributed by atoms with van der Waals surface area (Å²) in [6, 6.07) is 10.8. The first-order chi connectivity index (χ1) is 10.8. The summed E-state index contributed by atoms with van der Waals surface area (Å²) in [6.07, 6.45) is 6.21. The molecule has 1 saturated heterocycles. The van der Waals surface area contributed by atoms with Crippen LogP contribution in [0.5, 0.6) is 0 Å². The van der Waals surface area contributed by atoms with Gasteiger partial charge in [-0.05, 0) is 48.2 Å². The smallest absolute Gasteiger partial charge is 0.123 e. The molecule has 4 heteroatoms. The fraction of sp³-hybridized carbons (Fsp3) is 0.389. The van der Waals surface area contributed by atoms with E-state index in [1.54, 1.807) is 0 Å². The zero-order valence-electron chi connectivity index (χ0n) is 12.6. The van der Waals surface area contributed by atoms with E-state index < -0.39 is 0 Å². The van der Waals surface area contributed by atoms with Crippen LogP contribution in [-0.4, -0.2) is 29.1 Å². The summed E-state index contributed by atoms with van der Waals surface area (Å²) in [5, 5.41) is 0. The molecule has 22 heavy (non-hydrogen) atoms. The van der Waals surface area contributed by atoms with Crippen molar-refractivity contribution in [1.29, 1.82) is 0 Å². The Morgan fingerprint density at radius 1 is 1.05 bits per heavy atom. The molecular formula is C18H21FN2O. The van der Waals surface area contributed by atoms with Crippen molar-refractivity contribution in [1.82, 2.24) is 9.88 Å². The highest BCUT2D eigenvalue weighted by atomic mass is 19.1. The largest absolute Gasteiger partial charge is 0.377 e. The number of benzene rings is 1. The number of nitrogens with zero attached hydrogens (tertiary/aromatic N) is 2. The van der Waals surface area contributed by atoms with Crippen molar-refractivity contribution in [3.8, 4) is 0 Å². The van der Waals surface area contributed by atoms with Gasteiger partial charge in [-0.1, -0.05) is 12.1 Å². The average molecular weight is 300 g/mol. The van der Waals surface area contributed by atoms with Gasteiger partial charge in [-0.15, -0.1) is 0 Å². The molecule has 0 bridgehead atoms. The third-order valence-electron chi connectivity index (χ3n) is 3.96. The number of aromatic nitrogens is 1. The molecule has 0 saturated carbocycles. The standard InChI is InChI=1S/C18H21FN2O/c19-17-5-3-15(4-6-17)12-21(14-18-2-1-11-22-18)13-16-7-9-20-10-8-16/h3-10,18H,1-2,11-14H2. The highest BCUT2D eigenvalue weighted by molar-refractivity contribution is 5.16. The second kappa shape index (κ2) is 7.47. The first-order valence-corrected chi connectivity index (χ1v) is 7.77. The molecule has 1 atom stereocenters. The van der Waals surface area contributed by atoms with Crippen LogP contribution < -0.4 is 0 Å². The highest BCUT2D eigenvalue weighted by Gasteiger charge is 2.19. The van der Waals surface area contributed by atoms with Crippen molar-refractivity contribution in [3.05, 3.63) is 65.7 Å². The topological polar surface area (TPSA) is 25.4 Å². The number of ether oxygens (including phenoxy) is 1. The Bertz CT molecular complexity index is 567. The van der Waals surface area contributed by atoms with E-state index in [2.05, 4.69) is 9.88 Å². The van der Waals surface area contributed by atoms with Crippen LogP contribution in [0.3, 0.4) is 0 Å². The minimum absolute atomic E-state index is 0.191. The van der Waals surface area contributed by atoms with Crippen LogP contribution in [0.2, 0.25) is 0 Å². The fourth-order valence-corrected chi connectivity index (χ4v) is 2.86. The highest BCUT2D eigenvalue weighted by Crippen LogP contribution is 2.17. The van der Waals surface area contributed by atoms with E-state index in [0.717, 1.165) is 44.6 Å². The minimum atomic E-state index is -0.191. The molecule has 1 aliphatic heterocycles. The molecule has 1 aromatic heterocycles. The van der Waals surface area contributed by atoms with E-state index in [4.69, 9.17) is 4.74 Å². The molecule has 2 aromatic rings. The Kier molecular flexibility index (Phi) is 5.14. The first kappa shape index (κ1) is 15.1. The fourth-order valence-electron chi connectivity index (χ4n) is 2.86. The average Bonchev–Trinajstić information content (AvgIpc) is 3.03. The lowest BCUT2D eigenvalue weighted by Crippen LogP contribution is -2.31. The second-order valence-corrected chi connectivity index (χ2v) is 5.79. The van der Waals surface area contributed by atoms with Crippen LogP contribution in [-0.2, 0) is 17.8 Å². The van der Waals surface area contributed by atoms with E-state index >= 15 is 0 Å². The summed E-state index contributed by atoms with van der Waals surface area (Å²) in [5.74, 6) is -0.191. The monoisotopic (exact) mass is 300 g/mol. The molecule has 1 aliphatic rings. The van der Waals surface area contributed by atoms with Crippen molar-refractivity contribution in [2.24, 2.45) is 0 Å². The van der Waals surface area contributed by atoms with Gasteiger partial charge in [0.1, 0.15) is 5.82 Å². The van der Waals surface area contributed by atoms with E-state index in [1.807, 2.05) is 36.7 Å². The predicted octanol–water partition coefficient (Wildman–Crippen LogP) is 3.40. The van der Waals surface area contributed by atoms with Gasteiger partial charge in [-0.2, -0.15) is 0 Å². The third-order valence-corrected chi connectivity index (χ3v) is 3.96. The van der Waals surface area contributed by atoms with Gasteiger partial charge in [0.2, 0.25) is 0 Å². The van der Waals surface area contributed by atoms with Gasteiger partial charge in [0, 0.05) is 38.6 Å². The quantitative estimate of drug-likeness (QED) is 0.817. The van der Waals surface area contributed by atoms with Crippen LogP contribution in [0, 0.1) is 5.82 Å². The maximum absolute atomic E-state index is 13.1. The normalized spacial score (nSPS) is 18.0. The zero-order valence-corrected chi connectivity index (χ0v) is 12.6. The lowest BCUT2D eigenvalue weighted by Gasteiger charge is -2.25. The zero-order chi connectivity index (χ0) is 15.2. The maximum Gasteiger partial charge on any atom is 0.123 e. The Balaban J connectivity index is 1.68. The van der Waals surface area contributed by atoms with E-state index in [0.29, 0.717) is 6.10 Å². The summed E-state index contributed by atoms with van der Waals surface area (Å²) in [7, 11) is 0. The Morgan fingerprint density at radius 2 is 1.73 bits per heavy atom. The molecule has 2 heterocycles. The number of pyridine rings is 1. The van der Waals surface area contributed by atoms with Gasteiger partial charge in [0.15, 0.2) is 0 Å². The maximum atomic E-state index is 13.1. The molecule has 1 aromatic carbocycles. The van der Waals surface area contributed by atoms with Crippen molar-refractivity contribution in [2.75, 3.05) is 13.2 Å². The minimum Gasteiger partial charge on any atom is -0.377 e. The molecule has 116 valence electrons. The number of hydrogen-bond acceptors (Lipinski definition) is 3. The second-order valence-electron chi connectivity index (χ2n) is 5.79. The van der Waals surface area contributed by atoms with Gasteiger partial charge >= 0.3 is 0 Å². The first-order valence-electron chi connectivity index (χ1n) is 7.77. The van der Waals surface area contributed by atoms with E-state index in [1.165, 1.54) is 17.7 Å². The number of hydrogen-bond donors (Lipinski definition) is 0. The lowest BCUT2D eigenvalue weighted by atomic mass is 10.1. The summed E-state index contributed by atoms with van der Waals surface area (Å²) >= 11 is 0. The van der Waals surface area contributed by atoms with Crippen molar-refractivity contribution in [2.45, 2.75) is 32.0 Å². The van der Waals surface area contributed by atoms with Crippen LogP contribution in [0.4, 0.5) is 4.39 Å². The molecule has 0 N–H and O–H groups in total. The van der Waals surface area contributed by atoms with E-state index in [9.17, 15) is 4.39 Å². The van der Waals surface area contributed by atoms with Crippen molar-refractivity contribution >= 4 is 0 Å². The molecule has 1 fully saturated rings. The van der Waals surface area contributed by atoms with Crippen molar-refractivity contribution < 1.29 is 9.13 Å². The van der Waals surface area contributed by atoms with Crippen LogP contribution >= 0.6 is 0 Å². The van der Waals surface area contributed by atoms with Crippen molar-refractivity contribution in [3.63, 3.8) is 0 Å². The molecule has 0 amide bonds. The number of halogens is 1. The molecule has 0 spiro atoms. The third kappa shape index (κ3) is 4.36. The molecule has 1 unspecified atom stereocenters. The SMILES string of the molecule is Fc1ccc(CN(Cc2ccncc2)CC2CCCO2)cc1. The summed E-state index contributed by atoms with van der Waals surface area (Å²) in [5.41, 5.74) is 2.35. The number of rotatable bonds is 6. The van der Waals surface area contributed by atoms with Gasteiger partial charge in [0.05, 0.1) is 6.10 Å². The summed E-state index contributed by atoms with van der Waals surface area (Å²) in [6.45, 7) is 3.41. The molecule has 3 rings (SSSR count). The van der Waals surface area contributed by atoms with Gasteiger partial charge in [-0.3, -0.25) is 9.88 Å². The summed E-state index contributed by atoms with van der Waals surface area (Å²) in [4.78, 5) is 6.42. The van der Waals surface area contributed by atoms with Gasteiger partial charge in [-0.25, -0.2) is 4.39 Å². The van der Waals surface area contributed by atoms with Crippen LogP contribution in [0.1, 0.15) is 24.0 Å². The molecule has 0 aliphatic carbocycles. The molecular weight excluding hydrogens is 279 g/mol. The van der Waals surface area contributed by atoms with E-state index in [-0.39, 0.29) is 5.82 Å². The van der Waals surface area contributed by atoms with Crippen LogP contribution in [0.25, 0.3) is 0 Å². The molecule has 3 nitrogen and oxygen atoms in total. The Hall–Kier alpha value is -1.78. The lowest BCUT2D eigenvalue weighted by molar-refractivity contribution is 0.0679.